The van der Waals surface area contributed by atoms with Gasteiger partial charge in [-0.05, 0) is 32.0 Å². The van der Waals surface area contributed by atoms with Crippen LogP contribution in [0.25, 0.3) is 11.0 Å². The topological polar surface area (TPSA) is 47.7 Å². The van der Waals surface area contributed by atoms with Crippen molar-refractivity contribution in [3.8, 4) is 0 Å². The van der Waals surface area contributed by atoms with Crippen LogP contribution >= 0.6 is 0 Å². The number of nitrogens with zero attached hydrogens (tertiary/aromatic N) is 4. The van der Waals surface area contributed by atoms with Crippen molar-refractivity contribution in [3.63, 3.8) is 0 Å². The summed E-state index contributed by atoms with van der Waals surface area (Å²) in [6, 6.07) is 6.33. The Morgan fingerprint density at radius 1 is 1.35 bits per heavy atom. The molecule has 0 atom stereocenters. The molecule has 0 unspecified atom stereocenters. The predicted molar refractivity (Wildman–Crippen MR) is 80.7 cm³/mol. The normalized spacial score (nSPS) is 11.2. The van der Waals surface area contributed by atoms with Crippen LogP contribution in [-0.2, 0) is 20.1 Å². The summed E-state index contributed by atoms with van der Waals surface area (Å²) in [7, 11) is 1.92. The van der Waals surface area contributed by atoms with Gasteiger partial charge in [-0.15, -0.1) is 0 Å². The molecule has 5 heteroatoms. The van der Waals surface area contributed by atoms with E-state index in [1.807, 2.05) is 24.9 Å². The molecule has 3 heterocycles. The van der Waals surface area contributed by atoms with Gasteiger partial charge in [-0.3, -0.25) is 4.68 Å². The molecule has 0 fully saturated rings. The van der Waals surface area contributed by atoms with Crippen LogP contribution < -0.4 is 5.32 Å². The number of aromatic nitrogens is 4. The fourth-order valence-corrected chi connectivity index (χ4v) is 2.52. The zero-order valence-corrected chi connectivity index (χ0v) is 12.1. The molecule has 0 saturated carbocycles. The van der Waals surface area contributed by atoms with E-state index in [0.29, 0.717) is 0 Å². The molecule has 104 valence electrons. The van der Waals surface area contributed by atoms with Gasteiger partial charge in [-0.1, -0.05) is 0 Å². The first-order valence-corrected chi connectivity index (χ1v) is 6.86. The molecule has 0 aliphatic heterocycles. The molecule has 0 aliphatic carbocycles. The Morgan fingerprint density at radius 2 is 2.20 bits per heavy atom. The smallest absolute Gasteiger partial charge is 0.157 e. The highest BCUT2D eigenvalue weighted by atomic mass is 15.3. The van der Waals surface area contributed by atoms with Crippen LogP contribution in [0.1, 0.15) is 18.3 Å². The van der Waals surface area contributed by atoms with Gasteiger partial charge in [0.2, 0.25) is 0 Å². The van der Waals surface area contributed by atoms with E-state index in [-0.39, 0.29) is 0 Å². The largest absolute Gasteiger partial charge is 0.378 e. The maximum absolute atomic E-state index is 4.48. The first kappa shape index (κ1) is 12.7. The molecule has 0 aliphatic rings. The average molecular weight is 269 g/mol. The molecule has 0 saturated heterocycles. The van der Waals surface area contributed by atoms with Crippen LogP contribution in [0.2, 0.25) is 0 Å². The SMILES string of the molecule is CCn1cccc1CNc1cnc2c(c1)c(C)nn2C. The Bertz CT molecular complexity index is 738. The average Bonchev–Trinajstić information content (AvgIpc) is 3.02. The monoisotopic (exact) mass is 269 g/mol. The third kappa shape index (κ3) is 2.15. The second kappa shape index (κ2) is 5.00. The standard InChI is InChI=1S/C15H19N5/c1-4-20-7-5-6-13(20)10-16-12-8-14-11(2)18-19(3)15(14)17-9-12/h5-9,16H,4,10H2,1-3H3. The van der Waals surface area contributed by atoms with E-state index in [2.05, 4.69) is 51.3 Å². The zero-order chi connectivity index (χ0) is 14.1. The van der Waals surface area contributed by atoms with Gasteiger partial charge in [-0.2, -0.15) is 5.10 Å². The van der Waals surface area contributed by atoms with E-state index in [1.165, 1.54) is 5.69 Å². The van der Waals surface area contributed by atoms with E-state index in [0.717, 1.165) is 35.5 Å². The van der Waals surface area contributed by atoms with Crippen molar-refractivity contribution < 1.29 is 0 Å². The minimum atomic E-state index is 0.799. The summed E-state index contributed by atoms with van der Waals surface area (Å²) in [5.41, 5.74) is 4.23. The lowest BCUT2D eigenvalue weighted by molar-refractivity contribution is 0.724. The van der Waals surface area contributed by atoms with Gasteiger partial charge >= 0.3 is 0 Å². The van der Waals surface area contributed by atoms with Crippen molar-refractivity contribution >= 4 is 16.7 Å². The molecule has 1 N–H and O–H groups in total. The lowest BCUT2D eigenvalue weighted by Gasteiger charge is -2.09. The van der Waals surface area contributed by atoms with E-state index in [1.54, 1.807) is 0 Å². The number of anilines is 1. The molecule has 3 rings (SSSR count). The summed E-state index contributed by atoms with van der Waals surface area (Å²) in [5.74, 6) is 0. The summed E-state index contributed by atoms with van der Waals surface area (Å²) in [5, 5.41) is 8.92. The number of aryl methyl sites for hydroxylation is 3. The van der Waals surface area contributed by atoms with Crippen LogP contribution in [0, 0.1) is 6.92 Å². The molecule has 0 bridgehead atoms. The van der Waals surface area contributed by atoms with Gasteiger partial charge in [0.05, 0.1) is 24.1 Å². The number of hydrogen-bond acceptors (Lipinski definition) is 3. The van der Waals surface area contributed by atoms with Crippen molar-refractivity contribution in [2.45, 2.75) is 26.9 Å². The van der Waals surface area contributed by atoms with Crippen molar-refractivity contribution in [1.29, 1.82) is 0 Å². The van der Waals surface area contributed by atoms with Gasteiger partial charge in [0.25, 0.3) is 0 Å². The van der Waals surface area contributed by atoms with E-state index in [4.69, 9.17) is 0 Å². The first-order chi connectivity index (χ1) is 9.69. The number of fused-ring (bicyclic) bond motifs is 1. The second-order valence-electron chi connectivity index (χ2n) is 4.94. The number of nitrogens with one attached hydrogen (secondary N) is 1. The lowest BCUT2D eigenvalue weighted by atomic mass is 10.2. The molecule has 0 aromatic carbocycles. The summed E-state index contributed by atoms with van der Waals surface area (Å²) >= 11 is 0. The fourth-order valence-electron chi connectivity index (χ4n) is 2.52. The minimum Gasteiger partial charge on any atom is -0.378 e. The number of pyridine rings is 1. The third-order valence-corrected chi connectivity index (χ3v) is 3.60. The van der Waals surface area contributed by atoms with Crippen LogP contribution in [0.4, 0.5) is 5.69 Å². The summed E-state index contributed by atoms with van der Waals surface area (Å²) < 4.78 is 4.05. The quantitative estimate of drug-likeness (QED) is 0.792. The van der Waals surface area contributed by atoms with Gasteiger partial charge in [-0.25, -0.2) is 4.98 Å². The fraction of sp³-hybridized carbons (Fsp3) is 0.333. The Balaban J connectivity index is 1.83. The summed E-state index contributed by atoms with van der Waals surface area (Å²) in [6.45, 7) is 5.95. The Labute approximate surface area is 118 Å². The van der Waals surface area contributed by atoms with E-state index >= 15 is 0 Å². The molecule has 0 radical (unpaired) electrons. The summed E-state index contributed by atoms with van der Waals surface area (Å²) in [4.78, 5) is 4.48. The highest BCUT2D eigenvalue weighted by molar-refractivity contribution is 5.81. The first-order valence-electron chi connectivity index (χ1n) is 6.86. The summed E-state index contributed by atoms with van der Waals surface area (Å²) in [6.07, 6.45) is 3.96. The second-order valence-corrected chi connectivity index (χ2v) is 4.94. The Kier molecular flexibility index (Phi) is 3.18. The van der Waals surface area contributed by atoms with E-state index < -0.39 is 0 Å². The Morgan fingerprint density at radius 3 is 3.00 bits per heavy atom. The van der Waals surface area contributed by atoms with Crippen molar-refractivity contribution in [2.75, 3.05) is 5.32 Å². The molecular formula is C15H19N5. The molecule has 3 aromatic rings. The minimum absolute atomic E-state index is 0.799. The number of rotatable bonds is 4. The molecule has 3 aromatic heterocycles. The molecule has 20 heavy (non-hydrogen) atoms. The Hall–Kier alpha value is -2.30. The van der Waals surface area contributed by atoms with Crippen molar-refractivity contribution in [3.05, 3.63) is 42.0 Å². The maximum atomic E-state index is 4.48. The molecule has 5 nitrogen and oxygen atoms in total. The van der Waals surface area contributed by atoms with Crippen LogP contribution in [0.3, 0.4) is 0 Å². The molecular weight excluding hydrogens is 250 g/mol. The van der Waals surface area contributed by atoms with Gasteiger partial charge in [0.15, 0.2) is 5.65 Å². The van der Waals surface area contributed by atoms with Gasteiger partial charge in [0.1, 0.15) is 0 Å². The maximum Gasteiger partial charge on any atom is 0.157 e. The third-order valence-electron chi connectivity index (χ3n) is 3.60. The number of hydrogen-bond donors (Lipinski definition) is 1. The molecule has 0 amide bonds. The van der Waals surface area contributed by atoms with Gasteiger partial charge in [0, 0.05) is 30.9 Å². The van der Waals surface area contributed by atoms with Gasteiger partial charge < -0.3 is 9.88 Å². The van der Waals surface area contributed by atoms with Crippen LogP contribution in [0.5, 0.6) is 0 Å². The lowest BCUT2D eigenvalue weighted by Crippen LogP contribution is -2.06. The zero-order valence-electron chi connectivity index (χ0n) is 12.1. The van der Waals surface area contributed by atoms with Crippen LogP contribution in [0.15, 0.2) is 30.6 Å². The van der Waals surface area contributed by atoms with Crippen LogP contribution in [-0.4, -0.2) is 19.3 Å². The highest BCUT2D eigenvalue weighted by Crippen LogP contribution is 2.19. The highest BCUT2D eigenvalue weighted by Gasteiger charge is 2.07. The molecule has 0 spiro atoms. The van der Waals surface area contributed by atoms with E-state index in [9.17, 15) is 0 Å². The van der Waals surface area contributed by atoms with Crippen molar-refractivity contribution in [2.24, 2.45) is 7.05 Å². The predicted octanol–water partition coefficient (Wildman–Crippen LogP) is 2.71. The van der Waals surface area contributed by atoms with Crippen molar-refractivity contribution in [1.82, 2.24) is 19.3 Å².